The van der Waals surface area contributed by atoms with E-state index in [0.717, 1.165) is 29.4 Å². The lowest BCUT2D eigenvalue weighted by atomic mass is 10.2. The molecule has 0 aliphatic rings. The average Bonchev–Trinajstić information content (AvgIpc) is 2.42. The second kappa shape index (κ2) is 6.75. The van der Waals surface area contributed by atoms with Gasteiger partial charge in [-0.25, -0.2) is 4.98 Å². The number of nitrogens with zero attached hydrogens (tertiary/aromatic N) is 1. The van der Waals surface area contributed by atoms with Gasteiger partial charge in [-0.2, -0.15) is 0 Å². The summed E-state index contributed by atoms with van der Waals surface area (Å²) in [4.78, 5) is 4.50. The maximum Gasteiger partial charge on any atom is 0.132 e. The van der Waals surface area contributed by atoms with Gasteiger partial charge in [0.25, 0.3) is 0 Å². The highest BCUT2D eigenvalue weighted by Crippen LogP contribution is 2.21. The van der Waals surface area contributed by atoms with E-state index in [0.29, 0.717) is 6.61 Å². The van der Waals surface area contributed by atoms with E-state index in [4.69, 9.17) is 4.74 Å². The van der Waals surface area contributed by atoms with Crippen molar-refractivity contribution < 1.29 is 4.74 Å². The van der Waals surface area contributed by atoms with Crippen LogP contribution in [-0.2, 0) is 11.3 Å². The number of hydrogen-bond acceptors (Lipinski definition) is 4. The summed E-state index contributed by atoms with van der Waals surface area (Å²) in [5.41, 5.74) is 2.13. The van der Waals surface area contributed by atoms with Crippen LogP contribution in [0.5, 0.6) is 0 Å². The number of nitrogens with one attached hydrogen (secondary N) is 2. The third-order valence-corrected chi connectivity index (χ3v) is 2.69. The first kappa shape index (κ1) is 13.4. The highest BCUT2D eigenvalue weighted by atomic mass is 16.5. The van der Waals surface area contributed by atoms with E-state index in [1.165, 1.54) is 0 Å². The van der Waals surface area contributed by atoms with Crippen LogP contribution in [0.3, 0.4) is 0 Å². The zero-order valence-corrected chi connectivity index (χ0v) is 11.3. The van der Waals surface area contributed by atoms with Crippen molar-refractivity contribution in [2.75, 3.05) is 24.3 Å². The van der Waals surface area contributed by atoms with Crippen LogP contribution in [0.4, 0.5) is 17.3 Å². The molecule has 0 aliphatic heterocycles. The maximum atomic E-state index is 5.20. The molecule has 0 unspecified atom stereocenters. The topological polar surface area (TPSA) is 46.2 Å². The van der Waals surface area contributed by atoms with Crippen molar-refractivity contribution >= 4 is 17.3 Å². The van der Waals surface area contributed by atoms with E-state index >= 15 is 0 Å². The van der Waals surface area contributed by atoms with Gasteiger partial charge in [0.05, 0.1) is 6.61 Å². The predicted molar refractivity (Wildman–Crippen MR) is 78.8 cm³/mol. The molecular formula is C15H19N3O. The van der Waals surface area contributed by atoms with E-state index in [-0.39, 0.29) is 0 Å². The summed E-state index contributed by atoms with van der Waals surface area (Å²) in [5, 5.41) is 6.52. The quantitative estimate of drug-likeness (QED) is 0.832. The molecule has 0 saturated carbocycles. The normalized spacial score (nSPS) is 10.2. The predicted octanol–water partition coefficient (Wildman–Crippen LogP) is 3.40. The lowest BCUT2D eigenvalue weighted by Gasteiger charge is -2.12. The minimum Gasteiger partial charge on any atom is -0.380 e. The molecule has 0 bridgehead atoms. The second-order valence-corrected chi connectivity index (χ2v) is 4.15. The zero-order chi connectivity index (χ0) is 13.5. The Morgan fingerprint density at radius 3 is 2.63 bits per heavy atom. The van der Waals surface area contributed by atoms with Crippen LogP contribution in [0.15, 0.2) is 42.5 Å². The monoisotopic (exact) mass is 257 g/mol. The van der Waals surface area contributed by atoms with Crippen molar-refractivity contribution in [3.63, 3.8) is 0 Å². The Kier molecular flexibility index (Phi) is 4.75. The smallest absolute Gasteiger partial charge is 0.132 e. The Morgan fingerprint density at radius 2 is 1.84 bits per heavy atom. The van der Waals surface area contributed by atoms with Crippen molar-refractivity contribution in [3.05, 3.63) is 48.0 Å². The summed E-state index contributed by atoms with van der Waals surface area (Å²) in [5.74, 6) is 1.69. The van der Waals surface area contributed by atoms with Crippen LogP contribution in [0.25, 0.3) is 0 Å². The van der Waals surface area contributed by atoms with Crippen molar-refractivity contribution in [2.45, 2.75) is 13.5 Å². The van der Waals surface area contributed by atoms with Crippen LogP contribution in [0.1, 0.15) is 12.5 Å². The largest absolute Gasteiger partial charge is 0.380 e. The van der Waals surface area contributed by atoms with Crippen LogP contribution in [-0.4, -0.2) is 18.6 Å². The summed E-state index contributed by atoms with van der Waals surface area (Å²) >= 11 is 0. The first-order valence-electron chi connectivity index (χ1n) is 6.38. The lowest BCUT2D eigenvalue weighted by molar-refractivity contribution is 0.185. The summed E-state index contributed by atoms with van der Waals surface area (Å²) < 4.78 is 5.20. The van der Waals surface area contributed by atoms with Crippen molar-refractivity contribution in [1.29, 1.82) is 0 Å². The fourth-order valence-electron chi connectivity index (χ4n) is 1.85. The van der Waals surface area contributed by atoms with Crippen LogP contribution in [0.2, 0.25) is 0 Å². The maximum absolute atomic E-state index is 5.20. The van der Waals surface area contributed by atoms with Gasteiger partial charge < -0.3 is 15.4 Å². The Hall–Kier alpha value is -2.07. The molecule has 0 amide bonds. The first-order chi connectivity index (χ1) is 9.33. The summed E-state index contributed by atoms with van der Waals surface area (Å²) in [6.07, 6.45) is 0. The molecule has 1 heterocycles. The molecule has 2 N–H and O–H groups in total. The molecule has 4 nitrogen and oxygen atoms in total. The minimum absolute atomic E-state index is 0.579. The summed E-state index contributed by atoms with van der Waals surface area (Å²) in [6.45, 7) is 3.49. The third-order valence-electron chi connectivity index (χ3n) is 2.69. The van der Waals surface area contributed by atoms with Gasteiger partial charge in [0.15, 0.2) is 0 Å². The number of hydrogen-bond donors (Lipinski definition) is 2. The Morgan fingerprint density at radius 1 is 1.05 bits per heavy atom. The SMILES string of the molecule is CCNc1cccc(Nc2ccccc2COC)n1. The highest BCUT2D eigenvalue weighted by Gasteiger charge is 2.03. The number of pyridine rings is 1. The molecular weight excluding hydrogens is 238 g/mol. The summed E-state index contributed by atoms with van der Waals surface area (Å²) in [7, 11) is 1.70. The van der Waals surface area contributed by atoms with Gasteiger partial charge in [0.2, 0.25) is 0 Å². The van der Waals surface area contributed by atoms with Gasteiger partial charge in [0.1, 0.15) is 11.6 Å². The number of aromatic nitrogens is 1. The Bertz CT molecular complexity index is 528. The van der Waals surface area contributed by atoms with Crippen LogP contribution >= 0.6 is 0 Å². The van der Waals surface area contributed by atoms with Gasteiger partial charge in [0, 0.05) is 24.9 Å². The number of rotatable bonds is 6. The number of benzene rings is 1. The second-order valence-electron chi connectivity index (χ2n) is 4.15. The first-order valence-corrected chi connectivity index (χ1v) is 6.38. The van der Waals surface area contributed by atoms with Gasteiger partial charge in [-0.3, -0.25) is 0 Å². The van der Waals surface area contributed by atoms with Crippen molar-refractivity contribution in [2.24, 2.45) is 0 Å². The lowest BCUT2D eigenvalue weighted by Crippen LogP contribution is -2.02. The molecule has 0 radical (unpaired) electrons. The third kappa shape index (κ3) is 3.69. The van der Waals surface area contributed by atoms with E-state index in [2.05, 4.69) is 22.5 Å². The fraction of sp³-hybridized carbons (Fsp3) is 0.267. The molecule has 19 heavy (non-hydrogen) atoms. The molecule has 100 valence electrons. The van der Waals surface area contributed by atoms with Crippen LogP contribution in [0, 0.1) is 0 Å². The van der Waals surface area contributed by atoms with Gasteiger partial charge in [-0.15, -0.1) is 0 Å². The van der Waals surface area contributed by atoms with E-state index in [1.807, 2.05) is 42.5 Å². The zero-order valence-electron chi connectivity index (χ0n) is 11.3. The van der Waals surface area contributed by atoms with Crippen LogP contribution < -0.4 is 10.6 Å². The molecule has 0 fully saturated rings. The Balaban J connectivity index is 2.18. The molecule has 0 aliphatic carbocycles. The number of anilines is 3. The average molecular weight is 257 g/mol. The molecule has 2 rings (SSSR count). The molecule has 1 aromatic heterocycles. The number of methoxy groups -OCH3 is 1. The standard InChI is InChI=1S/C15H19N3O/c1-3-16-14-9-6-10-15(18-14)17-13-8-5-4-7-12(13)11-19-2/h4-10H,3,11H2,1-2H3,(H2,16,17,18). The van der Waals surface area contributed by atoms with E-state index in [1.54, 1.807) is 7.11 Å². The fourth-order valence-corrected chi connectivity index (χ4v) is 1.85. The van der Waals surface area contributed by atoms with E-state index < -0.39 is 0 Å². The molecule has 1 aromatic carbocycles. The molecule has 0 spiro atoms. The summed E-state index contributed by atoms with van der Waals surface area (Å²) in [6, 6.07) is 13.9. The number of ether oxygens (including phenoxy) is 1. The van der Waals surface area contributed by atoms with Crippen molar-refractivity contribution in [1.82, 2.24) is 4.98 Å². The molecule has 4 heteroatoms. The minimum atomic E-state index is 0.579. The molecule has 0 saturated heterocycles. The van der Waals surface area contributed by atoms with E-state index in [9.17, 15) is 0 Å². The molecule has 2 aromatic rings. The Labute approximate surface area is 113 Å². The molecule has 0 atom stereocenters. The van der Waals surface area contributed by atoms with Gasteiger partial charge in [-0.1, -0.05) is 24.3 Å². The van der Waals surface area contributed by atoms with Crippen molar-refractivity contribution in [3.8, 4) is 0 Å². The highest BCUT2D eigenvalue weighted by molar-refractivity contribution is 5.61. The van der Waals surface area contributed by atoms with Gasteiger partial charge >= 0.3 is 0 Å². The number of para-hydroxylation sites is 1. The van der Waals surface area contributed by atoms with Gasteiger partial charge in [-0.05, 0) is 25.1 Å².